The van der Waals surface area contributed by atoms with E-state index in [-0.39, 0.29) is 10.7 Å². The number of carbonyl (C=O) groups is 1. The molecule has 0 spiro atoms. The Balaban J connectivity index is 1.49. The molecule has 1 aromatic heterocycles. The minimum Gasteiger partial charge on any atom is -0.466 e. The summed E-state index contributed by atoms with van der Waals surface area (Å²) in [4.78, 5) is 13.9. The number of furan rings is 1. The van der Waals surface area contributed by atoms with Gasteiger partial charge in [-0.2, -0.15) is 0 Å². The number of carbonyl (C=O) groups excluding carboxylic acids is 1. The fourth-order valence-electron chi connectivity index (χ4n) is 3.61. The molecule has 7 heteroatoms. The zero-order valence-corrected chi connectivity index (χ0v) is 17.5. The number of hydrogen-bond acceptors (Lipinski definition) is 5. The van der Waals surface area contributed by atoms with Crippen LogP contribution in [0.4, 0.5) is 0 Å². The Morgan fingerprint density at radius 1 is 1.18 bits per heavy atom. The molecule has 1 aromatic carbocycles. The first kappa shape index (κ1) is 20.8. The van der Waals surface area contributed by atoms with Gasteiger partial charge in [-0.25, -0.2) is 13.1 Å². The molecule has 1 N–H and O–H groups in total. The number of ketones is 1. The van der Waals surface area contributed by atoms with Gasteiger partial charge >= 0.3 is 0 Å². The second kappa shape index (κ2) is 8.59. The first-order valence-corrected chi connectivity index (χ1v) is 11.1. The third-order valence-electron chi connectivity index (χ3n) is 5.38. The van der Waals surface area contributed by atoms with Crippen molar-refractivity contribution in [1.29, 1.82) is 0 Å². The first-order valence-electron chi connectivity index (χ1n) is 9.63. The lowest BCUT2D eigenvalue weighted by Gasteiger charge is -2.31. The molecule has 0 bridgehead atoms. The van der Waals surface area contributed by atoms with Crippen molar-refractivity contribution in [3.8, 4) is 0 Å². The number of aryl methyl sites for hydroxylation is 2. The Hall–Kier alpha value is -1.96. The molecule has 1 fully saturated rings. The Kier molecular flexibility index (Phi) is 6.37. The Labute approximate surface area is 167 Å². The molecule has 0 aliphatic carbocycles. The highest BCUT2D eigenvalue weighted by Gasteiger charge is 2.23. The number of sulfonamides is 1. The molecule has 1 saturated heterocycles. The molecule has 0 unspecified atom stereocenters. The van der Waals surface area contributed by atoms with Gasteiger partial charge in [0.1, 0.15) is 11.5 Å². The molecule has 152 valence electrons. The molecule has 3 rings (SSSR count). The van der Waals surface area contributed by atoms with E-state index in [0.717, 1.165) is 44.0 Å². The summed E-state index contributed by atoms with van der Waals surface area (Å²) in [5, 5.41) is 0. The van der Waals surface area contributed by atoms with Crippen LogP contribution in [-0.2, 0) is 16.6 Å². The summed E-state index contributed by atoms with van der Waals surface area (Å²) in [7, 11) is -3.55. The highest BCUT2D eigenvalue weighted by molar-refractivity contribution is 7.89. The molecule has 0 amide bonds. The number of piperidine rings is 1. The van der Waals surface area contributed by atoms with Crippen LogP contribution in [0.3, 0.4) is 0 Å². The van der Waals surface area contributed by atoms with E-state index >= 15 is 0 Å². The van der Waals surface area contributed by atoms with Crippen LogP contribution in [-0.4, -0.2) is 38.7 Å². The Morgan fingerprint density at radius 3 is 2.36 bits per heavy atom. The van der Waals surface area contributed by atoms with E-state index in [4.69, 9.17) is 4.42 Å². The fraction of sp³-hybridized carbons (Fsp3) is 0.476. The maximum atomic E-state index is 12.5. The molecule has 0 saturated carbocycles. The average molecular weight is 405 g/mol. The summed E-state index contributed by atoms with van der Waals surface area (Å²) >= 11 is 0. The van der Waals surface area contributed by atoms with Gasteiger partial charge < -0.3 is 4.42 Å². The molecular formula is C21H28N2O4S. The normalized spacial score (nSPS) is 16.4. The largest absolute Gasteiger partial charge is 0.466 e. The van der Waals surface area contributed by atoms with Gasteiger partial charge in [0.2, 0.25) is 10.0 Å². The minimum atomic E-state index is -3.55. The van der Waals surface area contributed by atoms with Crippen molar-refractivity contribution in [2.24, 2.45) is 5.92 Å². The minimum absolute atomic E-state index is 0.0792. The summed E-state index contributed by atoms with van der Waals surface area (Å²) in [6.45, 7) is 8.63. The third-order valence-corrected chi connectivity index (χ3v) is 6.82. The SMILES string of the molecule is CC(=O)c1ccc(S(=O)(=O)NCC2CCN(Cc3cc(C)oc3C)CC2)cc1. The van der Waals surface area contributed by atoms with Crippen LogP contribution in [0.5, 0.6) is 0 Å². The van der Waals surface area contributed by atoms with Crippen LogP contribution in [0.15, 0.2) is 39.6 Å². The van der Waals surface area contributed by atoms with Crippen molar-refractivity contribution >= 4 is 15.8 Å². The maximum Gasteiger partial charge on any atom is 0.240 e. The lowest BCUT2D eigenvalue weighted by atomic mass is 9.97. The summed E-state index contributed by atoms with van der Waals surface area (Å²) in [5.74, 6) is 2.16. The molecule has 2 heterocycles. The smallest absolute Gasteiger partial charge is 0.240 e. The second-order valence-corrected chi connectivity index (χ2v) is 9.36. The van der Waals surface area contributed by atoms with Crippen LogP contribution in [0.25, 0.3) is 0 Å². The highest BCUT2D eigenvalue weighted by Crippen LogP contribution is 2.22. The van der Waals surface area contributed by atoms with Crippen LogP contribution in [0.1, 0.15) is 47.2 Å². The lowest BCUT2D eigenvalue weighted by Crippen LogP contribution is -2.38. The van der Waals surface area contributed by atoms with Gasteiger partial charge in [0.15, 0.2) is 5.78 Å². The van der Waals surface area contributed by atoms with Crippen molar-refractivity contribution in [2.45, 2.75) is 45.1 Å². The predicted molar refractivity (Wildman–Crippen MR) is 108 cm³/mol. The number of hydrogen-bond donors (Lipinski definition) is 1. The molecule has 0 atom stereocenters. The monoisotopic (exact) mass is 404 g/mol. The van der Waals surface area contributed by atoms with Crippen LogP contribution < -0.4 is 4.72 Å². The third kappa shape index (κ3) is 5.10. The molecule has 0 radical (unpaired) electrons. The summed E-state index contributed by atoms with van der Waals surface area (Å²) in [5.41, 5.74) is 1.74. The van der Waals surface area contributed by atoms with Crippen LogP contribution in [0.2, 0.25) is 0 Å². The molecule has 28 heavy (non-hydrogen) atoms. The standard InChI is InChI=1S/C21H28N2O4S/c1-15-12-20(17(3)27-15)14-23-10-8-18(9-11-23)13-22-28(25,26)21-6-4-19(5-7-21)16(2)24/h4-7,12,18,22H,8-11,13-14H2,1-3H3. The van der Waals surface area contributed by atoms with Gasteiger partial charge in [0.05, 0.1) is 4.90 Å². The quantitative estimate of drug-likeness (QED) is 0.717. The number of rotatable bonds is 7. The van der Waals surface area contributed by atoms with E-state index in [1.54, 1.807) is 12.1 Å². The predicted octanol–water partition coefficient (Wildman–Crippen LogP) is 3.29. The molecule has 6 nitrogen and oxygen atoms in total. The van der Waals surface area contributed by atoms with Crippen molar-refractivity contribution < 1.29 is 17.6 Å². The van der Waals surface area contributed by atoms with Crippen molar-refractivity contribution in [2.75, 3.05) is 19.6 Å². The fourth-order valence-corrected chi connectivity index (χ4v) is 4.73. The van der Waals surface area contributed by atoms with E-state index in [9.17, 15) is 13.2 Å². The average Bonchev–Trinajstić information content (AvgIpc) is 2.98. The summed E-state index contributed by atoms with van der Waals surface area (Å²) < 4.78 is 33.3. The van der Waals surface area contributed by atoms with Crippen LogP contribution in [0, 0.1) is 19.8 Å². The maximum absolute atomic E-state index is 12.5. The van der Waals surface area contributed by atoms with Crippen molar-refractivity contribution in [1.82, 2.24) is 9.62 Å². The van der Waals surface area contributed by atoms with Crippen molar-refractivity contribution in [3.05, 3.63) is 53.0 Å². The van der Waals surface area contributed by atoms with Gasteiger partial charge in [-0.1, -0.05) is 12.1 Å². The number of benzene rings is 1. The summed E-state index contributed by atoms with van der Waals surface area (Å²) in [6.07, 6.45) is 1.92. The van der Waals surface area contributed by atoms with E-state index < -0.39 is 10.0 Å². The van der Waals surface area contributed by atoms with E-state index in [2.05, 4.69) is 15.7 Å². The Morgan fingerprint density at radius 2 is 1.82 bits per heavy atom. The van der Waals surface area contributed by atoms with E-state index in [1.807, 2.05) is 13.8 Å². The van der Waals surface area contributed by atoms with Gasteiger partial charge in [-0.3, -0.25) is 9.69 Å². The molecular weight excluding hydrogens is 376 g/mol. The summed E-state index contributed by atoms with van der Waals surface area (Å²) in [6, 6.07) is 8.16. The van der Waals surface area contributed by atoms with Crippen LogP contribution >= 0.6 is 0 Å². The number of nitrogens with zero attached hydrogens (tertiary/aromatic N) is 1. The van der Waals surface area contributed by atoms with Gasteiger partial charge in [-0.15, -0.1) is 0 Å². The van der Waals surface area contributed by atoms with Gasteiger partial charge in [0.25, 0.3) is 0 Å². The van der Waals surface area contributed by atoms with Gasteiger partial charge in [0, 0.05) is 24.2 Å². The first-order chi connectivity index (χ1) is 13.2. The Bertz CT molecular complexity index is 924. The topological polar surface area (TPSA) is 79.6 Å². The lowest BCUT2D eigenvalue weighted by molar-refractivity contribution is 0.101. The zero-order valence-electron chi connectivity index (χ0n) is 16.7. The molecule has 2 aromatic rings. The molecule has 1 aliphatic rings. The number of likely N-dealkylation sites (tertiary alicyclic amines) is 1. The second-order valence-electron chi connectivity index (χ2n) is 7.59. The highest BCUT2D eigenvalue weighted by atomic mass is 32.2. The van der Waals surface area contributed by atoms with E-state index in [1.165, 1.54) is 24.6 Å². The zero-order chi connectivity index (χ0) is 20.3. The van der Waals surface area contributed by atoms with Crippen molar-refractivity contribution in [3.63, 3.8) is 0 Å². The van der Waals surface area contributed by atoms with Gasteiger partial charge in [-0.05, 0) is 70.8 Å². The molecule has 1 aliphatic heterocycles. The van der Waals surface area contributed by atoms with E-state index in [0.29, 0.717) is 18.0 Å². The number of Topliss-reactive ketones (excluding diaryl/α,β-unsaturated/α-hetero) is 1. The number of nitrogens with one attached hydrogen (secondary N) is 1.